The van der Waals surface area contributed by atoms with Gasteiger partial charge < -0.3 is 34.8 Å². The van der Waals surface area contributed by atoms with Gasteiger partial charge in [0.05, 0.1) is 35.8 Å². The lowest BCUT2D eigenvalue weighted by atomic mass is 9.41. The first-order valence-corrected chi connectivity index (χ1v) is 17.6. The minimum absolute atomic E-state index is 0.205. The van der Waals surface area contributed by atoms with E-state index < -0.39 is 88.1 Å². The van der Waals surface area contributed by atoms with Crippen molar-refractivity contribution >= 4 is 23.6 Å². The smallest absolute Gasteiger partial charge is 0.338 e. The summed E-state index contributed by atoms with van der Waals surface area (Å²) in [6.07, 6.45) is -6.01. The van der Waals surface area contributed by atoms with Gasteiger partial charge in [0.15, 0.2) is 6.10 Å². The second kappa shape index (κ2) is 12.9. The van der Waals surface area contributed by atoms with Gasteiger partial charge in [-0.3, -0.25) is 9.59 Å². The van der Waals surface area contributed by atoms with Crippen LogP contribution in [0, 0.1) is 28.1 Å². The van der Waals surface area contributed by atoms with E-state index in [0.29, 0.717) is 16.7 Å². The van der Waals surface area contributed by atoms with E-state index >= 15 is 0 Å². The normalized spacial score (nSPS) is 36.5. The summed E-state index contributed by atoms with van der Waals surface area (Å²) in [6, 6.07) is 15.7. The molecule has 3 aliphatic carbocycles. The molecule has 1 amide bonds. The zero-order valence-corrected chi connectivity index (χ0v) is 30.2. The van der Waals surface area contributed by atoms with Gasteiger partial charge in [0, 0.05) is 42.4 Å². The van der Waals surface area contributed by atoms with Gasteiger partial charge in [0.25, 0.3) is 0 Å². The fourth-order valence-electron chi connectivity index (χ4n) is 9.85. The molecule has 4 N–H and O–H groups in total. The molecule has 51 heavy (non-hydrogen) atoms. The van der Waals surface area contributed by atoms with Crippen molar-refractivity contribution in [2.75, 3.05) is 6.61 Å². The Kier molecular flexibility index (Phi) is 9.36. The molecule has 11 nitrogen and oxygen atoms in total. The minimum Gasteiger partial charge on any atom is -0.456 e. The van der Waals surface area contributed by atoms with Crippen LogP contribution in [0.2, 0.25) is 0 Å². The van der Waals surface area contributed by atoms with Crippen molar-refractivity contribution < 1.29 is 48.7 Å². The summed E-state index contributed by atoms with van der Waals surface area (Å²) in [4.78, 5) is 54.9. The molecule has 2 bridgehead atoms. The van der Waals surface area contributed by atoms with E-state index in [1.54, 1.807) is 95.3 Å². The van der Waals surface area contributed by atoms with Crippen LogP contribution in [0.1, 0.15) is 83.3 Å². The van der Waals surface area contributed by atoms with E-state index in [1.807, 2.05) is 6.92 Å². The molecular formula is C40H49NO10. The van der Waals surface area contributed by atoms with Gasteiger partial charge >= 0.3 is 11.9 Å². The summed E-state index contributed by atoms with van der Waals surface area (Å²) in [5.74, 6) is -4.25. The maximum Gasteiger partial charge on any atom is 0.338 e. The molecule has 6 rings (SSSR count). The molecule has 0 spiro atoms. The number of carbonyl (C=O) groups is 4. The monoisotopic (exact) mass is 703 g/mol. The van der Waals surface area contributed by atoms with Crippen LogP contribution in [0.3, 0.4) is 0 Å². The number of esters is 2. The summed E-state index contributed by atoms with van der Waals surface area (Å²) in [7, 11) is 0. The Bertz CT molecular complexity index is 1740. The topological polar surface area (TPSA) is 169 Å². The van der Waals surface area contributed by atoms with E-state index in [2.05, 4.69) is 5.32 Å². The zero-order valence-electron chi connectivity index (χ0n) is 30.2. The Morgan fingerprint density at radius 2 is 1.59 bits per heavy atom. The second-order valence-electron chi connectivity index (χ2n) is 15.9. The lowest BCUT2D eigenvalue weighted by Crippen LogP contribution is -2.77. The summed E-state index contributed by atoms with van der Waals surface area (Å²) in [5, 5.41) is 39.1. The summed E-state index contributed by atoms with van der Waals surface area (Å²) >= 11 is 0. The van der Waals surface area contributed by atoms with Crippen molar-refractivity contribution in [3.05, 3.63) is 82.9 Å². The highest BCUT2D eigenvalue weighted by atomic mass is 16.6. The average Bonchev–Trinajstić information content (AvgIpc) is 3.09. The predicted octanol–water partition coefficient (Wildman–Crippen LogP) is 3.85. The highest BCUT2D eigenvalue weighted by Gasteiger charge is 2.74. The van der Waals surface area contributed by atoms with Crippen LogP contribution in [0.5, 0.6) is 0 Å². The number of rotatable bonds is 7. The molecule has 2 aromatic rings. The number of benzene rings is 2. The average molecular weight is 704 g/mol. The molecule has 1 heterocycles. The number of ether oxygens (including phenoxy) is 3. The molecule has 4 aliphatic rings. The number of hydrogen-bond donors (Lipinski definition) is 4. The van der Waals surface area contributed by atoms with Gasteiger partial charge in [-0.2, -0.15) is 0 Å². The third kappa shape index (κ3) is 5.64. The molecule has 11 heteroatoms. The van der Waals surface area contributed by atoms with Crippen molar-refractivity contribution in [1.29, 1.82) is 0 Å². The van der Waals surface area contributed by atoms with Crippen molar-refractivity contribution in [3.8, 4) is 0 Å². The molecule has 11 atom stereocenters. The fourth-order valence-corrected chi connectivity index (χ4v) is 9.85. The van der Waals surface area contributed by atoms with E-state index in [4.69, 9.17) is 14.2 Å². The maximum atomic E-state index is 15.0. The van der Waals surface area contributed by atoms with Crippen LogP contribution in [-0.2, 0) is 28.6 Å². The van der Waals surface area contributed by atoms with E-state index in [1.165, 1.54) is 6.92 Å². The number of aliphatic hydroxyl groups excluding tert-OH is 2. The van der Waals surface area contributed by atoms with Gasteiger partial charge in [-0.25, -0.2) is 9.59 Å². The molecule has 3 fully saturated rings. The van der Waals surface area contributed by atoms with Gasteiger partial charge in [-0.15, -0.1) is 0 Å². The highest BCUT2D eigenvalue weighted by Crippen LogP contribution is 2.66. The molecule has 1 aliphatic heterocycles. The van der Waals surface area contributed by atoms with E-state index in [0.717, 1.165) is 0 Å². The standard InChI is InChI=1S/C40H49NO10/c1-21-26(50-36(47)31(44)30(41-23(3)42)24-14-10-8-11-15-24)19-40(48)34(51-35(46)25-16-12-9-13-17-25)32-38(6)20-49-28(38)18-27(43)39(32,7)33(45)22(2)29(21)37(40,4)5/h8-17,22,26-28,30-32,34,43-44,48H,18-20H2,1-7H3,(H,41,42)/t22-,26+,27+,28-,30+,31-,32-,34+,38-,39-,40-/m1/s1. The Morgan fingerprint density at radius 1 is 0.980 bits per heavy atom. The van der Waals surface area contributed by atoms with Crippen LogP contribution in [0.15, 0.2) is 71.8 Å². The molecule has 1 saturated heterocycles. The quantitative estimate of drug-likeness (QED) is 0.246. The lowest BCUT2D eigenvalue weighted by molar-refractivity contribution is -0.312. The number of aliphatic hydroxyl groups is 3. The molecule has 2 saturated carbocycles. The van der Waals surface area contributed by atoms with Gasteiger partial charge in [0.2, 0.25) is 5.91 Å². The van der Waals surface area contributed by atoms with Crippen molar-refractivity contribution in [3.63, 3.8) is 0 Å². The number of carbonyl (C=O) groups excluding carboxylic acids is 4. The Balaban J connectivity index is 1.48. The number of hydrogen-bond acceptors (Lipinski definition) is 10. The summed E-state index contributed by atoms with van der Waals surface area (Å²) in [6.45, 7) is 12.2. The Labute approximate surface area is 298 Å². The minimum atomic E-state index is -1.96. The molecule has 0 aromatic heterocycles. The number of Topliss-reactive ketones (excluding diaryl/α,β-unsaturated/α-hetero) is 1. The highest BCUT2D eigenvalue weighted by molar-refractivity contribution is 5.92. The third-order valence-corrected chi connectivity index (χ3v) is 12.7. The summed E-state index contributed by atoms with van der Waals surface area (Å²) in [5.41, 5.74) is -3.66. The van der Waals surface area contributed by atoms with Crippen molar-refractivity contribution in [2.45, 2.75) is 103 Å². The zero-order chi connectivity index (χ0) is 37.3. The number of amides is 1. The summed E-state index contributed by atoms with van der Waals surface area (Å²) < 4.78 is 18.4. The number of ketones is 1. The van der Waals surface area contributed by atoms with Crippen molar-refractivity contribution in [2.24, 2.45) is 28.1 Å². The second-order valence-corrected chi connectivity index (χ2v) is 15.9. The van der Waals surface area contributed by atoms with Crippen LogP contribution in [0.25, 0.3) is 0 Å². The molecule has 274 valence electrons. The largest absolute Gasteiger partial charge is 0.456 e. The van der Waals surface area contributed by atoms with E-state index in [-0.39, 0.29) is 30.8 Å². The fraction of sp³-hybridized carbons (Fsp3) is 0.550. The third-order valence-electron chi connectivity index (χ3n) is 12.7. The Morgan fingerprint density at radius 3 is 2.16 bits per heavy atom. The first-order chi connectivity index (χ1) is 23.9. The number of fused-ring (bicyclic) bond motifs is 5. The van der Waals surface area contributed by atoms with Crippen LogP contribution < -0.4 is 5.32 Å². The first-order valence-electron chi connectivity index (χ1n) is 17.6. The first kappa shape index (κ1) is 36.9. The Hall–Kier alpha value is -3.90. The van der Waals surface area contributed by atoms with Crippen molar-refractivity contribution in [1.82, 2.24) is 5.32 Å². The molecule has 0 unspecified atom stereocenters. The van der Waals surface area contributed by atoms with Crippen LogP contribution >= 0.6 is 0 Å². The maximum absolute atomic E-state index is 15.0. The van der Waals surface area contributed by atoms with Gasteiger partial charge in [-0.05, 0) is 42.7 Å². The van der Waals surface area contributed by atoms with Gasteiger partial charge in [0.1, 0.15) is 23.6 Å². The molecule has 0 radical (unpaired) electrons. The molecular weight excluding hydrogens is 654 g/mol. The predicted molar refractivity (Wildman–Crippen MR) is 185 cm³/mol. The van der Waals surface area contributed by atoms with Gasteiger partial charge in [-0.1, -0.05) is 76.2 Å². The SMILES string of the molecule is CC(=O)N[C@@H](c1ccccc1)[C@@H](O)C(=O)O[C@H]1C[C@@]2(O)[C@@H](OC(=O)c3ccccc3)[C@@H]3[C@]4(C)CO[C@@H]4C[C@H](O)[C@@]3(C)C(=O)[C@H](C)C(=C1C)C2(C)C. The number of nitrogens with one attached hydrogen (secondary N) is 1. The van der Waals surface area contributed by atoms with Crippen LogP contribution in [-0.4, -0.2) is 81.7 Å². The van der Waals surface area contributed by atoms with Crippen LogP contribution in [0.4, 0.5) is 0 Å². The van der Waals surface area contributed by atoms with E-state index in [9.17, 15) is 34.5 Å². The molecule has 2 aromatic carbocycles. The lowest BCUT2D eigenvalue weighted by Gasteiger charge is -2.68.